The molecular weight excluding hydrogens is 142 g/mol. The third kappa shape index (κ3) is 1.32. The Morgan fingerprint density at radius 3 is 2.40 bits per heavy atom. The maximum atomic E-state index is 2.40. The van der Waals surface area contributed by atoms with E-state index in [-0.39, 0.29) is 0 Å². The molecule has 0 radical (unpaired) electrons. The van der Waals surface area contributed by atoms with Gasteiger partial charge in [-0.25, -0.2) is 0 Å². The smallest absolute Gasteiger partial charge is 0.0299 e. The number of hydrogen-bond acceptors (Lipinski definition) is 2. The van der Waals surface area contributed by atoms with Crippen LogP contribution in [-0.4, -0.2) is 36.0 Å². The summed E-state index contributed by atoms with van der Waals surface area (Å²) in [5.74, 6) is 2.68. The first-order valence-corrected chi connectivity index (χ1v) is 5.12. The number of thioether (sulfide) groups is 1. The molecule has 0 aliphatic carbocycles. The molecule has 0 saturated carbocycles. The van der Waals surface area contributed by atoms with E-state index in [0.29, 0.717) is 5.54 Å². The first-order valence-electron chi connectivity index (χ1n) is 3.96. The summed E-state index contributed by atoms with van der Waals surface area (Å²) in [6, 6.07) is 0. The molecule has 1 atom stereocenters. The standard InChI is InChI=1S/C8H17NS/c1-4-8(9(2)3)5-6-10-7-8/h4-7H2,1-3H3. The summed E-state index contributed by atoms with van der Waals surface area (Å²) in [4.78, 5) is 2.40. The van der Waals surface area contributed by atoms with E-state index in [0.717, 1.165) is 0 Å². The van der Waals surface area contributed by atoms with Crippen LogP contribution in [0.1, 0.15) is 19.8 Å². The molecular formula is C8H17NS. The van der Waals surface area contributed by atoms with Crippen molar-refractivity contribution >= 4 is 11.8 Å². The Balaban J connectivity index is 2.58. The third-order valence-electron chi connectivity index (χ3n) is 2.69. The van der Waals surface area contributed by atoms with E-state index in [2.05, 4.69) is 37.7 Å². The molecule has 0 N–H and O–H groups in total. The molecule has 0 aromatic carbocycles. The highest BCUT2D eigenvalue weighted by Gasteiger charge is 2.34. The second kappa shape index (κ2) is 3.14. The summed E-state index contributed by atoms with van der Waals surface area (Å²) in [7, 11) is 4.41. The van der Waals surface area contributed by atoms with Gasteiger partial charge in [-0.1, -0.05) is 6.92 Å². The van der Waals surface area contributed by atoms with Crippen molar-refractivity contribution in [2.75, 3.05) is 25.6 Å². The lowest BCUT2D eigenvalue weighted by atomic mass is 9.94. The van der Waals surface area contributed by atoms with Crippen LogP contribution in [0.2, 0.25) is 0 Å². The Kier molecular flexibility index (Phi) is 2.64. The Morgan fingerprint density at radius 1 is 1.50 bits per heavy atom. The molecule has 0 spiro atoms. The highest BCUT2D eigenvalue weighted by molar-refractivity contribution is 7.99. The lowest BCUT2D eigenvalue weighted by Gasteiger charge is -2.34. The Morgan fingerprint density at radius 2 is 2.20 bits per heavy atom. The van der Waals surface area contributed by atoms with Gasteiger partial charge in [0.2, 0.25) is 0 Å². The zero-order valence-corrected chi connectivity index (χ0v) is 8.00. The molecule has 1 saturated heterocycles. The fraction of sp³-hybridized carbons (Fsp3) is 1.00. The predicted molar refractivity (Wildman–Crippen MR) is 48.7 cm³/mol. The summed E-state index contributed by atoms with van der Waals surface area (Å²) in [6.45, 7) is 2.30. The van der Waals surface area contributed by atoms with Gasteiger partial charge in [-0.2, -0.15) is 11.8 Å². The predicted octanol–water partition coefficient (Wildman–Crippen LogP) is 1.83. The van der Waals surface area contributed by atoms with Gasteiger partial charge in [0.15, 0.2) is 0 Å². The number of hydrogen-bond donors (Lipinski definition) is 0. The lowest BCUT2D eigenvalue weighted by Crippen LogP contribution is -2.43. The van der Waals surface area contributed by atoms with Crippen LogP contribution in [0.5, 0.6) is 0 Å². The largest absolute Gasteiger partial charge is 0.303 e. The van der Waals surface area contributed by atoms with Crippen LogP contribution in [0.3, 0.4) is 0 Å². The summed E-state index contributed by atoms with van der Waals surface area (Å²) < 4.78 is 0. The van der Waals surface area contributed by atoms with Gasteiger partial charge in [0, 0.05) is 11.3 Å². The minimum absolute atomic E-state index is 0.532. The molecule has 2 heteroatoms. The molecule has 1 fully saturated rings. The van der Waals surface area contributed by atoms with Gasteiger partial charge in [-0.05, 0) is 32.7 Å². The van der Waals surface area contributed by atoms with Gasteiger partial charge in [0.05, 0.1) is 0 Å². The molecule has 0 aromatic rings. The molecule has 0 amide bonds. The van der Waals surface area contributed by atoms with Crippen molar-refractivity contribution in [3.63, 3.8) is 0 Å². The van der Waals surface area contributed by atoms with Gasteiger partial charge < -0.3 is 4.90 Å². The normalized spacial score (nSPS) is 33.6. The second-order valence-corrected chi connectivity index (χ2v) is 4.38. The highest BCUT2D eigenvalue weighted by Crippen LogP contribution is 2.34. The molecule has 1 nitrogen and oxygen atoms in total. The van der Waals surface area contributed by atoms with Crippen molar-refractivity contribution < 1.29 is 0 Å². The van der Waals surface area contributed by atoms with Gasteiger partial charge in [0.1, 0.15) is 0 Å². The van der Waals surface area contributed by atoms with Crippen LogP contribution in [0.15, 0.2) is 0 Å². The minimum Gasteiger partial charge on any atom is -0.303 e. The summed E-state index contributed by atoms with van der Waals surface area (Å²) in [5.41, 5.74) is 0.532. The van der Waals surface area contributed by atoms with E-state index in [4.69, 9.17) is 0 Å². The minimum atomic E-state index is 0.532. The second-order valence-electron chi connectivity index (χ2n) is 3.27. The molecule has 10 heavy (non-hydrogen) atoms. The zero-order chi connectivity index (χ0) is 7.61. The fourth-order valence-corrected chi connectivity index (χ4v) is 3.20. The van der Waals surface area contributed by atoms with Crippen LogP contribution in [0, 0.1) is 0 Å². The molecule has 0 aromatic heterocycles. The van der Waals surface area contributed by atoms with Crippen molar-refractivity contribution in [2.24, 2.45) is 0 Å². The fourth-order valence-electron chi connectivity index (χ4n) is 1.54. The van der Waals surface area contributed by atoms with Gasteiger partial charge in [-0.15, -0.1) is 0 Å². The Labute approximate surface area is 68.2 Å². The topological polar surface area (TPSA) is 3.24 Å². The van der Waals surface area contributed by atoms with E-state index in [1.807, 2.05) is 0 Å². The number of rotatable bonds is 2. The zero-order valence-electron chi connectivity index (χ0n) is 7.18. The highest BCUT2D eigenvalue weighted by atomic mass is 32.2. The van der Waals surface area contributed by atoms with Crippen LogP contribution in [0.25, 0.3) is 0 Å². The molecule has 1 aliphatic rings. The average molecular weight is 159 g/mol. The van der Waals surface area contributed by atoms with Crippen molar-refractivity contribution in [3.8, 4) is 0 Å². The molecule has 0 bridgehead atoms. The van der Waals surface area contributed by atoms with E-state index >= 15 is 0 Å². The van der Waals surface area contributed by atoms with Crippen LogP contribution >= 0.6 is 11.8 Å². The molecule has 1 rings (SSSR count). The first kappa shape index (κ1) is 8.41. The summed E-state index contributed by atoms with van der Waals surface area (Å²) in [5, 5.41) is 0. The van der Waals surface area contributed by atoms with Crippen molar-refractivity contribution in [3.05, 3.63) is 0 Å². The first-order chi connectivity index (χ1) is 4.71. The van der Waals surface area contributed by atoms with E-state index in [9.17, 15) is 0 Å². The van der Waals surface area contributed by atoms with Crippen molar-refractivity contribution in [2.45, 2.75) is 25.3 Å². The van der Waals surface area contributed by atoms with Crippen LogP contribution in [0.4, 0.5) is 0 Å². The molecule has 1 unspecified atom stereocenters. The van der Waals surface area contributed by atoms with Crippen LogP contribution < -0.4 is 0 Å². The monoisotopic (exact) mass is 159 g/mol. The summed E-state index contributed by atoms with van der Waals surface area (Å²) in [6.07, 6.45) is 2.67. The molecule has 60 valence electrons. The third-order valence-corrected chi connectivity index (χ3v) is 3.92. The Hall–Kier alpha value is 0.310. The quantitative estimate of drug-likeness (QED) is 0.605. The average Bonchev–Trinajstić information content (AvgIpc) is 2.35. The van der Waals surface area contributed by atoms with Gasteiger partial charge in [-0.3, -0.25) is 0 Å². The van der Waals surface area contributed by atoms with E-state index < -0.39 is 0 Å². The molecule has 1 aliphatic heterocycles. The lowest BCUT2D eigenvalue weighted by molar-refractivity contribution is 0.175. The summed E-state index contributed by atoms with van der Waals surface area (Å²) >= 11 is 2.09. The Bertz CT molecular complexity index is 106. The van der Waals surface area contributed by atoms with Crippen LogP contribution in [-0.2, 0) is 0 Å². The molecule has 1 heterocycles. The maximum Gasteiger partial charge on any atom is 0.0299 e. The SMILES string of the molecule is CCC1(N(C)C)CCSC1. The number of nitrogens with zero attached hydrogens (tertiary/aromatic N) is 1. The van der Waals surface area contributed by atoms with Crippen molar-refractivity contribution in [1.82, 2.24) is 4.90 Å². The van der Waals surface area contributed by atoms with Crippen molar-refractivity contribution in [1.29, 1.82) is 0 Å². The maximum absolute atomic E-state index is 2.40. The van der Waals surface area contributed by atoms with E-state index in [1.165, 1.54) is 24.3 Å². The van der Waals surface area contributed by atoms with E-state index in [1.54, 1.807) is 0 Å². The van der Waals surface area contributed by atoms with Gasteiger partial charge >= 0.3 is 0 Å². The van der Waals surface area contributed by atoms with Gasteiger partial charge in [0.25, 0.3) is 0 Å².